The van der Waals surface area contributed by atoms with E-state index in [2.05, 4.69) is 9.68 Å². The van der Waals surface area contributed by atoms with Crippen LogP contribution >= 0.6 is 0 Å². The van der Waals surface area contributed by atoms with Crippen LogP contribution in [0.1, 0.15) is 23.6 Å². The van der Waals surface area contributed by atoms with Gasteiger partial charge in [0.05, 0.1) is 32.2 Å². The average molecular weight is 401 g/mol. The molecule has 0 aromatic heterocycles. The first kappa shape index (κ1) is 20.1. The molecule has 3 N–H and O–H groups in total. The number of nitrogens with one attached hydrogen (secondary N) is 1. The predicted octanol–water partition coefficient (Wildman–Crippen LogP) is 3.23. The number of nitrogens with two attached hydrogens (primary N) is 1. The maximum atomic E-state index is 13.3. The topological polar surface area (TPSA) is 84.6 Å². The molecule has 0 aliphatic carbocycles. The second-order valence-electron chi connectivity index (χ2n) is 5.67. The van der Waals surface area contributed by atoms with Crippen LogP contribution in [0, 0.1) is 0 Å². The SMILES string of the molecule is CC(NC1=CS(C)(=O)=Nc2c1cc(C(F)(F)F)cc2C(F)(F)F)C(N)=O. The van der Waals surface area contributed by atoms with E-state index >= 15 is 0 Å². The van der Waals surface area contributed by atoms with E-state index in [4.69, 9.17) is 5.73 Å². The number of hydrogen-bond acceptors (Lipinski definition) is 4. The van der Waals surface area contributed by atoms with E-state index in [0.717, 1.165) is 11.7 Å². The highest BCUT2D eigenvalue weighted by atomic mass is 32.2. The molecule has 1 aliphatic heterocycles. The zero-order valence-corrected chi connectivity index (χ0v) is 14.1. The van der Waals surface area contributed by atoms with Crippen molar-refractivity contribution in [3.63, 3.8) is 0 Å². The Morgan fingerprint density at radius 1 is 1.19 bits per heavy atom. The van der Waals surface area contributed by atoms with Gasteiger partial charge in [0, 0.05) is 17.2 Å². The Bertz CT molecular complexity index is 910. The molecule has 2 atom stereocenters. The van der Waals surface area contributed by atoms with Crippen LogP contribution in [0.3, 0.4) is 0 Å². The van der Waals surface area contributed by atoms with Crippen LogP contribution in [-0.4, -0.2) is 22.4 Å². The van der Waals surface area contributed by atoms with Crippen molar-refractivity contribution in [2.75, 3.05) is 6.26 Å². The van der Waals surface area contributed by atoms with Gasteiger partial charge in [-0.15, -0.1) is 0 Å². The fourth-order valence-corrected chi connectivity index (χ4v) is 3.47. The lowest BCUT2D eigenvalue weighted by atomic mass is 9.99. The summed E-state index contributed by atoms with van der Waals surface area (Å²) in [5.74, 6) is -0.902. The molecule has 0 saturated carbocycles. The highest BCUT2D eigenvalue weighted by Gasteiger charge is 2.41. The summed E-state index contributed by atoms with van der Waals surface area (Å²) in [6.07, 6.45) is -9.20. The van der Waals surface area contributed by atoms with Crippen molar-refractivity contribution in [2.45, 2.75) is 25.3 Å². The Balaban J connectivity index is 2.82. The lowest BCUT2D eigenvalue weighted by Crippen LogP contribution is -2.38. The van der Waals surface area contributed by atoms with Gasteiger partial charge in [0.1, 0.15) is 6.04 Å². The number of nitrogens with zero attached hydrogens (tertiary/aromatic N) is 1. The van der Waals surface area contributed by atoms with Gasteiger partial charge in [-0.2, -0.15) is 30.7 Å². The molecule has 1 aromatic rings. The molecule has 5 nitrogen and oxygen atoms in total. The van der Waals surface area contributed by atoms with Crippen molar-refractivity contribution in [3.05, 3.63) is 34.2 Å². The summed E-state index contributed by atoms with van der Waals surface area (Å²) in [5.41, 5.74) is 0.0324. The van der Waals surface area contributed by atoms with Crippen molar-refractivity contribution < 1.29 is 35.3 Å². The summed E-state index contributed by atoms with van der Waals surface area (Å²) < 4.78 is 94.7. The van der Waals surface area contributed by atoms with Crippen LogP contribution in [0.2, 0.25) is 0 Å². The Kier molecular flexibility index (Phi) is 4.77. The summed E-state index contributed by atoms with van der Waals surface area (Å²) in [6.45, 7) is 1.25. The van der Waals surface area contributed by atoms with Gasteiger partial charge in [0.25, 0.3) is 0 Å². The van der Waals surface area contributed by atoms with Crippen molar-refractivity contribution in [3.8, 4) is 0 Å². The van der Waals surface area contributed by atoms with Gasteiger partial charge in [0.15, 0.2) is 0 Å². The third-order valence-corrected chi connectivity index (χ3v) is 4.66. The number of primary amides is 1. The van der Waals surface area contributed by atoms with Crippen molar-refractivity contribution in [1.29, 1.82) is 0 Å². The third-order valence-electron chi connectivity index (χ3n) is 3.44. The highest BCUT2D eigenvalue weighted by Crippen LogP contribution is 2.46. The minimum Gasteiger partial charge on any atom is -0.373 e. The smallest absolute Gasteiger partial charge is 0.373 e. The van der Waals surface area contributed by atoms with Gasteiger partial charge in [0.2, 0.25) is 5.91 Å². The number of alkyl halides is 6. The number of halogens is 6. The summed E-state index contributed by atoms with van der Waals surface area (Å²) in [5, 5.41) is 3.28. The molecule has 1 amide bonds. The fourth-order valence-electron chi connectivity index (χ4n) is 2.22. The Hall–Kier alpha value is -2.24. The lowest BCUT2D eigenvalue weighted by Gasteiger charge is -2.24. The molecule has 0 spiro atoms. The van der Waals surface area contributed by atoms with Gasteiger partial charge in [-0.1, -0.05) is 0 Å². The molecular formula is C14H13F6N3O2S. The maximum Gasteiger partial charge on any atom is 0.418 e. The molecule has 0 bridgehead atoms. The molecule has 144 valence electrons. The summed E-state index contributed by atoms with van der Waals surface area (Å²) in [6, 6.07) is -0.764. The molecule has 2 rings (SSSR count). The molecule has 1 aliphatic rings. The molecule has 0 radical (unpaired) electrons. The standard InChI is InChI=1S/C14H13F6N3O2S/c1-6(12(21)24)22-10-5-26(2,25)23-11-8(10)3-7(13(15,16)17)4-9(11)14(18,19)20/h3-6,22H,1-2H3,(H2,21,24). The second kappa shape index (κ2) is 6.18. The van der Waals surface area contributed by atoms with E-state index in [-0.39, 0.29) is 11.8 Å². The lowest BCUT2D eigenvalue weighted by molar-refractivity contribution is -0.142. The van der Waals surface area contributed by atoms with Crippen LogP contribution < -0.4 is 11.1 Å². The van der Waals surface area contributed by atoms with Gasteiger partial charge < -0.3 is 11.1 Å². The van der Waals surface area contributed by atoms with E-state index in [1.54, 1.807) is 0 Å². The third kappa shape index (κ3) is 4.11. The molecule has 0 saturated heterocycles. The minimum atomic E-state index is -5.16. The zero-order chi connectivity index (χ0) is 20.1. The zero-order valence-electron chi connectivity index (χ0n) is 13.3. The summed E-state index contributed by atoms with van der Waals surface area (Å²) in [4.78, 5) is 11.2. The number of benzene rings is 1. The Labute approximate surface area is 144 Å². The van der Waals surface area contributed by atoms with Crippen LogP contribution in [0.15, 0.2) is 21.9 Å². The van der Waals surface area contributed by atoms with E-state index in [0.29, 0.717) is 6.07 Å². The Morgan fingerprint density at radius 3 is 2.23 bits per heavy atom. The van der Waals surface area contributed by atoms with Crippen molar-refractivity contribution >= 4 is 27.0 Å². The predicted molar refractivity (Wildman–Crippen MR) is 82.4 cm³/mol. The quantitative estimate of drug-likeness (QED) is 0.763. The molecule has 26 heavy (non-hydrogen) atoms. The number of hydrogen-bond donors (Lipinski definition) is 2. The van der Waals surface area contributed by atoms with Crippen molar-refractivity contribution in [1.82, 2.24) is 5.32 Å². The summed E-state index contributed by atoms with van der Waals surface area (Å²) in [7, 11) is -3.33. The van der Waals surface area contributed by atoms with Crippen LogP contribution in [0.25, 0.3) is 5.70 Å². The number of rotatable bonds is 3. The van der Waals surface area contributed by atoms with Gasteiger partial charge in [-0.3, -0.25) is 4.79 Å². The van der Waals surface area contributed by atoms with E-state index < -0.39 is 56.4 Å². The van der Waals surface area contributed by atoms with Crippen LogP contribution in [-0.2, 0) is 26.9 Å². The highest BCUT2D eigenvalue weighted by molar-refractivity contribution is 7.96. The molecule has 1 aromatic carbocycles. The minimum absolute atomic E-state index is 0.0850. The maximum absolute atomic E-state index is 13.3. The van der Waals surface area contributed by atoms with Gasteiger partial charge in [-0.05, 0) is 19.1 Å². The van der Waals surface area contributed by atoms with Gasteiger partial charge in [-0.25, -0.2) is 4.21 Å². The van der Waals surface area contributed by atoms with Crippen LogP contribution in [0.5, 0.6) is 0 Å². The average Bonchev–Trinajstić information content (AvgIpc) is 2.42. The number of fused-ring (bicyclic) bond motifs is 1. The number of carbonyl (C=O) groups is 1. The van der Waals surface area contributed by atoms with Crippen LogP contribution in [0.4, 0.5) is 32.0 Å². The molecule has 0 fully saturated rings. The van der Waals surface area contributed by atoms with Crippen molar-refractivity contribution in [2.24, 2.45) is 10.1 Å². The van der Waals surface area contributed by atoms with E-state index in [9.17, 15) is 35.3 Å². The van der Waals surface area contributed by atoms with Gasteiger partial charge >= 0.3 is 12.4 Å². The monoisotopic (exact) mass is 401 g/mol. The van der Waals surface area contributed by atoms with E-state index in [1.807, 2.05) is 0 Å². The molecule has 12 heteroatoms. The normalized spacial score (nSPS) is 21.3. The largest absolute Gasteiger partial charge is 0.418 e. The van der Waals surface area contributed by atoms with E-state index in [1.165, 1.54) is 6.92 Å². The molecule has 1 heterocycles. The first-order valence-corrected chi connectivity index (χ1v) is 8.93. The summed E-state index contributed by atoms with van der Waals surface area (Å²) >= 11 is 0. The fraction of sp³-hybridized carbons (Fsp3) is 0.357. The number of amides is 1. The second-order valence-corrected chi connectivity index (χ2v) is 7.81. The first-order chi connectivity index (χ1) is 11.6. The molecular weight excluding hydrogens is 388 g/mol. The number of carbonyl (C=O) groups excluding carboxylic acids is 1. The first-order valence-electron chi connectivity index (χ1n) is 6.94. The molecule has 2 unspecified atom stereocenters. The Morgan fingerprint density at radius 2 is 1.77 bits per heavy atom.